The van der Waals surface area contributed by atoms with E-state index in [9.17, 15) is 13.2 Å². The van der Waals surface area contributed by atoms with E-state index in [0.717, 1.165) is 11.8 Å². The molecule has 1 aliphatic rings. The fourth-order valence-electron chi connectivity index (χ4n) is 6.54. The number of benzene rings is 1. The van der Waals surface area contributed by atoms with Crippen molar-refractivity contribution in [3.63, 3.8) is 0 Å². The lowest BCUT2D eigenvalue weighted by Crippen LogP contribution is -2.33. The minimum Gasteiger partial charge on any atom is -0.442 e. The number of carbonyl (C=O) groups is 1. The van der Waals surface area contributed by atoms with Crippen molar-refractivity contribution in [2.75, 3.05) is 0 Å². The van der Waals surface area contributed by atoms with Crippen LogP contribution in [-0.4, -0.2) is 49.2 Å². The Morgan fingerprint density at radius 2 is 1.00 bits per heavy atom. The molecule has 0 aliphatic carbocycles. The van der Waals surface area contributed by atoms with Crippen LogP contribution in [0, 0.1) is 13.8 Å². The second kappa shape index (κ2) is 14.4. The van der Waals surface area contributed by atoms with Gasteiger partial charge in [0.25, 0.3) is 16.0 Å². The monoisotopic (exact) mass is 836 g/mol. The quantitative estimate of drug-likeness (QED) is 0.153. The summed E-state index contributed by atoms with van der Waals surface area (Å²) < 4.78 is 75.5. The van der Waals surface area contributed by atoms with Gasteiger partial charge >= 0.3 is 0 Å². The zero-order valence-electron chi connectivity index (χ0n) is 33.4. The van der Waals surface area contributed by atoms with Crippen molar-refractivity contribution < 1.29 is 48.3 Å². The van der Waals surface area contributed by atoms with Crippen LogP contribution in [0.25, 0.3) is 69.5 Å². The van der Waals surface area contributed by atoms with Gasteiger partial charge in [0, 0.05) is 0 Å². The largest absolute Gasteiger partial charge is 0.442 e. The number of nitrogens with one attached hydrogen (secondary N) is 1. The maximum atomic E-state index is 14.6. The van der Waals surface area contributed by atoms with Gasteiger partial charge in [-0.05, 0) is 48.3 Å². The van der Waals surface area contributed by atoms with Crippen molar-refractivity contribution >= 4 is 16.0 Å². The molecule has 0 saturated carbocycles. The zero-order valence-corrected chi connectivity index (χ0v) is 34.2. The summed E-state index contributed by atoms with van der Waals surface area (Å²) in [7, 11) is -4.67. The molecule has 1 amide bonds. The van der Waals surface area contributed by atoms with E-state index in [1.165, 1.54) is 25.1 Å². The molecule has 8 heterocycles. The minimum absolute atomic E-state index is 0.0108. The van der Waals surface area contributed by atoms with Crippen LogP contribution in [-0.2, 0) is 14.3 Å². The summed E-state index contributed by atoms with van der Waals surface area (Å²) in [5, 5.41) is 2.58. The van der Waals surface area contributed by atoms with E-state index in [0.29, 0.717) is 16.9 Å². The summed E-state index contributed by atoms with van der Waals surface area (Å²) in [5.74, 6) is -0.866. The average Bonchev–Trinajstić information content (AvgIpc) is 4.05. The molecule has 1 aromatic carbocycles. The summed E-state index contributed by atoms with van der Waals surface area (Å²) in [4.78, 5) is 45.1. The summed E-state index contributed by atoms with van der Waals surface area (Å²) in [6, 6.07) is 3.75. The van der Waals surface area contributed by atoms with Gasteiger partial charge in [-0.3, -0.25) is 4.79 Å². The number of hydrogen-bond acceptors (Lipinski definition) is 18. The molecule has 20 heteroatoms. The first kappa shape index (κ1) is 38.6. The van der Waals surface area contributed by atoms with Crippen molar-refractivity contribution in [1.82, 2.24) is 40.2 Å². The SMILES string of the molecule is Cc1oc2nc1-c1nc(co1)-c1nc(co1)-c1nc(co1)-c1nc(co1)-c1nc(co1)C(=O)N[C@@H](OS(=O)(=O)c1c(C(C)C)cc(C(C)C)cc1C(C)C)c1nc-2c(C)o1. The van der Waals surface area contributed by atoms with Gasteiger partial charge in [-0.25, -0.2) is 39.1 Å². The fraction of sp³-hybridized carbons (Fsp3) is 0.300. The Balaban J connectivity index is 1.17. The smallest absolute Gasteiger partial charge is 0.300 e. The van der Waals surface area contributed by atoms with Gasteiger partial charge in [-0.2, -0.15) is 8.42 Å². The first-order valence-corrected chi connectivity index (χ1v) is 20.2. The van der Waals surface area contributed by atoms with Gasteiger partial charge in [0.15, 0.2) is 39.9 Å². The first-order valence-electron chi connectivity index (χ1n) is 18.8. The predicted octanol–water partition coefficient (Wildman–Crippen LogP) is 8.74. The number of carbonyl (C=O) groups excluding carboxylic acids is 1. The van der Waals surface area contributed by atoms with E-state index in [2.05, 4.69) is 40.2 Å². The molecule has 1 aliphatic heterocycles. The van der Waals surface area contributed by atoms with Crippen molar-refractivity contribution in [3.8, 4) is 69.5 Å². The number of nitrogens with zero attached hydrogens (tertiary/aromatic N) is 7. The number of aromatic nitrogens is 7. The molecule has 9 rings (SSSR count). The molecule has 14 bridgehead atoms. The first-order chi connectivity index (χ1) is 28.6. The Labute approximate surface area is 340 Å². The number of rotatable bonds is 6. The van der Waals surface area contributed by atoms with Crippen LogP contribution in [0.5, 0.6) is 0 Å². The molecule has 7 aromatic heterocycles. The zero-order chi connectivity index (χ0) is 42.2. The Morgan fingerprint density at radius 3 is 1.50 bits per heavy atom. The average molecular weight is 837 g/mol. The molecule has 60 heavy (non-hydrogen) atoms. The Kier molecular flexibility index (Phi) is 9.27. The van der Waals surface area contributed by atoms with Crippen LogP contribution in [0.3, 0.4) is 0 Å². The molecule has 1 N–H and O–H groups in total. The third-order valence-electron chi connectivity index (χ3n) is 9.68. The lowest BCUT2D eigenvalue weighted by molar-refractivity contribution is 0.0786. The van der Waals surface area contributed by atoms with Gasteiger partial charge in [-0.1, -0.05) is 53.7 Å². The maximum Gasteiger partial charge on any atom is 0.300 e. The molecule has 0 unspecified atom stereocenters. The van der Waals surface area contributed by atoms with Crippen molar-refractivity contribution in [2.45, 2.75) is 84.3 Å². The van der Waals surface area contributed by atoms with Gasteiger partial charge in [-0.15, -0.1) is 0 Å². The molecule has 308 valence electrons. The van der Waals surface area contributed by atoms with Crippen molar-refractivity contribution in [2.24, 2.45) is 0 Å². The van der Waals surface area contributed by atoms with Gasteiger partial charge in [0.2, 0.25) is 47.5 Å². The molecule has 0 saturated heterocycles. The molecule has 8 aromatic rings. The van der Waals surface area contributed by atoms with E-state index in [1.807, 2.05) is 53.7 Å². The summed E-state index contributed by atoms with van der Waals surface area (Å²) in [6.07, 6.45) is 4.47. The highest BCUT2D eigenvalue weighted by molar-refractivity contribution is 7.86. The topological polar surface area (TPSA) is 255 Å². The standard InChI is InChI=1S/C40H36N8O11S/c1-16(2)21-9-22(17(3)4)31(23(10-21)18(5)6)60(50,51)59-40-39-47-30(20(8)58-39)38-46-29(19(7)57-38)37-45-28(15-56-37)36-44-27(14-55-36)35-43-26(13-54-35)34-42-25(12-53-34)33-41-24(11-52-33)32(49)48-40/h9-18,40H,1-8H3,(H,48,49)/t40-/m0/s1. The van der Waals surface area contributed by atoms with E-state index < -0.39 is 22.3 Å². The van der Waals surface area contributed by atoms with Crippen molar-refractivity contribution in [3.05, 3.63) is 83.2 Å². The summed E-state index contributed by atoms with van der Waals surface area (Å²) in [5.41, 5.74) is 2.96. The fourth-order valence-corrected chi connectivity index (χ4v) is 8.19. The highest BCUT2D eigenvalue weighted by atomic mass is 32.2. The number of hydrogen-bond donors (Lipinski definition) is 1. The molecule has 19 nitrogen and oxygen atoms in total. The molecule has 0 fully saturated rings. The normalized spacial score (nSPS) is 14.3. The van der Waals surface area contributed by atoms with Crippen LogP contribution < -0.4 is 5.32 Å². The lowest BCUT2D eigenvalue weighted by Gasteiger charge is -2.24. The van der Waals surface area contributed by atoms with Crippen LogP contribution in [0.15, 0.2) is 79.3 Å². The van der Waals surface area contributed by atoms with E-state index in [4.69, 9.17) is 35.1 Å². The van der Waals surface area contributed by atoms with Crippen LogP contribution in [0.4, 0.5) is 0 Å². The number of oxazole rings is 7. The number of fused-ring (bicyclic) bond motifs is 20. The Bertz CT molecular complexity index is 3000. The number of aryl methyl sites for hydroxylation is 2. The highest BCUT2D eigenvalue weighted by Crippen LogP contribution is 2.39. The number of amides is 1. The van der Waals surface area contributed by atoms with Gasteiger partial charge in [0.05, 0.1) is 0 Å². The molecule has 0 radical (unpaired) electrons. The Hall–Kier alpha value is -6.93. The second-order valence-corrected chi connectivity index (χ2v) is 16.5. The molecular formula is C40H36N8O11S. The minimum atomic E-state index is -4.67. The van der Waals surface area contributed by atoms with E-state index in [1.54, 1.807) is 13.8 Å². The highest BCUT2D eigenvalue weighted by Gasteiger charge is 2.36. The summed E-state index contributed by atoms with van der Waals surface area (Å²) in [6.45, 7) is 14.9. The Morgan fingerprint density at radius 1 is 0.567 bits per heavy atom. The van der Waals surface area contributed by atoms with Gasteiger partial charge < -0.3 is 36.2 Å². The van der Waals surface area contributed by atoms with E-state index in [-0.39, 0.29) is 110 Å². The summed E-state index contributed by atoms with van der Waals surface area (Å²) >= 11 is 0. The third kappa shape index (κ3) is 6.81. The van der Waals surface area contributed by atoms with Crippen LogP contribution in [0.1, 0.15) is 110 Å². The third-order valence-corrected chi connectivity index (χ3v) is 11.1. The van der Waals surface area contributed by atoms with Crippen molar-refractivity contribution in [1.29, 1.82) is 0 Å². The lowest BCUT2D eigenvalue weighted by atomic mass is 9.89. The molecule has 1 atom stereocenters. The van der Waals surface area contributed by atoms with Crippen LogP contribution >= 0.6 is 0 Å². The van der Waals surface area contributed by atoms with Gasteiger partial charge in [0.1, 0.15) is 47.7 Å². The van der Waals surface area contributed by atoms with E-state index >= 15 is 0 Å². The molecule has 0 spiro atoms. The second-order valence-electron chi connectivity index (χ2n) is 15.0. The van der Waals surface area contributed by atoms with Crippen LogP contribution in [0.2, 0.25) is 0 Å². The predicted molar refractivity (Wildman–Crippen MR) is 206 cm³/mol. The molecular weight excluding hydrogens is 801 g/mol. The maximum absolute atomic E-state index is 14.6.